The summed E-state index contributed by atoms with van der Waals surface area (Å²) in [7, 11) is 0. The molecule has 0 saturated carbocycles. The van der Waals surface area contributed by atoms with Gasteiger partial charge in [0.25, 0.3) is 0 Å². The average molecular weight is 432 g/mol. The van der Waals surface area contributed by atoms with Crippen LogP contribution in [0.2, 0.25) is 0 Å². The van der Waals surface area contributed by atoms with E-state index < -0.39 is 6.04 Å². The zero-order chi connectivity index (χ0) is 22.8. The second-order valence-electron chi connectivity index (χ2n) is 7.12. The van der Waals surface area contributed by atoms with Gasteiger partial charge in [0.15, 0.2) is 5.82 Å². The molecule has 1 aromatic carbocycles. The highest BCUT2D eigenvalue weighted by Crippen LogP contribution is 2.31. The van der Waals surface area contributed by atoms with Crippen LogP contribution in [-0.2, 0) is 6.61 Å². The summed E-state index contributed by atoms with van der Waals surface area (Å²) in [5, 5.41) is 36.3. The number of phenols is 1. The summed E-state index contributed by atoms with van der Waals surface area (Å²) >= 11 is 0. The van der Waals surface area contributed by atoms with Crippen LogP contribution in [0.25, 0.3) is 5.52 Å². The van der Waals surface area contributed by atoms with E-state index in [4.69, 9.17) is 10.5 Å². The zero-order valence-corrected chi connectivity index (χ0v) is 17.3. The van der Waals surface area contributed by atoms with Crippen LogP contribution in [0.5, 0.6) is 17.4 Å². The van der Waals surface area contributed by atoms with Crippen molar-refractivity contribution in [3.8, 4) is 23.4 Å². The molecule has 5 N–H and O–H groups in total. The van der Waals surface area contributed by atoms with Crippen LogP contribution >= 0.6 is 0 Å². The van der Waals surface area contributed by atoms with Gasteiger partial charge in [-0.2, -0.15) is 15.3 Å². The van der Waals surface area contributed by atoms with Gasteiger partial charge in [-0.05, 0) is 43.2 Å². The van der Waals surface area contributed by atoms with Gasteiger partial charge in [0.2, 0.25) is 5.88 Å². The van der Waals surface area contributed by atoms with E-state index in [-0.39, 0.29) is 35.4 Å². The number of aromatic hydroxyl groups is 1. The fourth-order valence-electron chi connectivity index (χ4n) is 3.20. The van der Waals surface area contributed by atoms with E-state index in [1.54, 1.807) is 23.7 Å². The molecule has 0 aliphatic carbocycles. The minimum absolute atomic E-state index is 0.0376. The number of hydrogen-bond donors (Lipinski definition) is 4. The van der Waals surface area contributed by atoms with E-state index in [1.165, 1.54) is 18.5 Å². The summed E-state index contributed by atoms with van der Waals surface area (Å²) in [5.74, 6) is 1.25. The zero-order valence-electron chi connectivity index (χ0n) is 17.3. The lowest BCUT2D eigenvalue weighted by molar-refractivity contribution is 0.280. The molecule has 0 radical (unpaired) electrons. The predicted molar refractivity (Wildman–Crippen MR) is 115 cm³/mol. The molecule has 11 heteroatoms. The Bertz CT molecular complexity index is 1350. The molecule has 11 nitrogen and oxygen atoms in total. The second-order valence-corrected chi connectivity index (χ2v) is 7.12. The molecule has 4 aromatic rings. The van der Waals surface area contributed by atoms with Crippen LogP contribution in [-0.4, -0.2) is 34.8 Å². The number of rotatable bonds is 6. The monoisotopic (exact) mass is 432 g/mol. The summed E-state index contributed by atoms with van der Waals surface area (Å²) in [6.07, 6.45) is 3.04. The van der Waals surface area contributed by atoms with Crippen molar-refractivity contribution in [2.75, 3.05) is 11.1 Å². The van der Waals surface area contributed by atoms with Gasteiger partial charge in [-0.1, -0.05) is 0 Å². The van der Waals surface area contributed by atoms with E-state index in [0.29, 0.717) is 22.7 Å². The minimum Gasteiger partial charge on any atom is -0.508 e. The summed E-state index contributed by atoms with van der Waals surface area (Å²) in [4.78, 5) is 12.5. The Balaban J connectivity index is 1.74. The van der Waals surface area contributed by atoms with Crippen molar-refractivity contribution in [3.63, 3.8) is 0 Å². The van der Waals surface area contributed by atoms with Crippen molar-refractivity contribution in [2.24, 2.45) is 0 Å². The Hall–Kier alpha value is -4.43. The average Bonchev–Trinajstić information content (AvgIpc) is 3.14. The van der Waals surface area contributed by atoms with Crippen LogP contribution in [0.1, 0.15) is 35.5 Å². The number of nitrogen functional groups attached to an aromatic ring is 1. The van der Waals surface area contributed by atoms with Gasteiger partial charge >= 0.3 is 0 Å². The van der Waals surface area contributed by atoms with Gasteiger partial charge in [0, 0.05) is 12.3 Å². The highest BCUT2D eigenvalue weighted by atomic mass is 16.5. The highest BCUT2D eigenvalue weighted by Gasteiger charge is 2.19. The number of fused-ring (bicyclic) bond motifs is 1. The molecule has 0 saturated heterocycles. The van der Waals surface area contributed by atoms with Gasteiger partial charge in [-0.15, -0.1) is 0 Å². The third kappa shape index (κ3) is 3.94. The van der Waals surface area contributed by atoms with Crippen molar-refractivity contribution >= 4 is 17.2 Å². The number of aliphatic hydroxyl groups excluding tert-OH is 1. The first-order valence-electron chi connectivity index (χ1n) is 9.64. The van der Waals surface area contributed by atoms with E-state index in [1.807, 2.05) is 19.1 Å². The smallest absolute Gasteiger partial charge is 0.247 e. The molecular weight excluding hydrogens is 412 g/mol. The standard InChI is InChI=1S/C21H20N8O3/c1-11-3-4-29-17(11)21(32-15-6-13(9-30)5-14(31)7-15)27-19(28-29)12(2)26-20-16(8-22)18(23)24-10-25-20/h3-7,10,12,30-31H,9H2,1-2H3,(H3,23,24,25,26). The number of aromatic nitrogens is 5. The Labute approximate surface area is 182 Å². The van der Waals surface area contributed by atoms with Gasteiger partial charge in [-0.25, -0.2) is 14.5 Å². The molecule has 1 unspecified atom stereocenters. The summed E-state index contributed by atoms with van der Waals surface area (Å²) in [5.41, 5.74) is 7.93. The number of phenolic OH excluding ortho intramolecular Hbond substituents is 1. The Morgan fingerprint density at radius 2 is 2.12 bits per heavy atom. The molecule has 4 rings (SSSR count). The van der Waals surface area contributed by atoms with Crippen LogP contribution in [0.4, 0.5) is 11.6 Å². The van der Waals surface area contributed by atoms with Gasteiger partial charge < -0.3 is 26.0 Å². The maximum absolute atomic E-state index is 9.92. The third-order valence-electron chi connectivity index (χ3n) is 4.77. The maximum Gasteiger partial charge on any atom is 0.247 e. The lowest BCUT2D eigenvalue weighted by atomic mass is 10.2. The topological polar surface area (TPSA) is 167 Å². The molecule has 32 heavy (non-hydrogen) atoms. The first-order chi connectivity index (χ1) is 15.4. The molecule has 0 spiro atoms. The number of ether oxygens (including phenoxy) is 1. The number of nitriles is 1. The molecule has 0 amide bonds. The van der Waals surface area contributed by atoms with Crippen molar-refractivity contribution in [3.05, 3.63) is 59.3 Å². The quantitative estimate of drug-likeness (QED) is 0.355. The SMILES string of the molecule is Cc1ccn2nc(C(C)Nc3ncnc(N)c3C#N)nc(Oc3cc(O)cc(CO)c3)c12. The highest BCUT2D eigenvalue weighted by molar-refractivity contribution is 5.64. The molecule has 0 aliphatic rings. The summed E-state index contributed by atoms with van der Waals surface area (Å²) in [6, 6.07) is 7.88. The van der Waals surface area contributed by atoms with Crippen molar-refractivity contribution in [1.82, 2.24) is 24.6 Å². The van der Waals surface area contributed by atoms with Crippen LogP contribution < -0.4 is 15.8 Å². The first-order valence-corrected chi connectivity index (χ1v) is 9.64. The molecule has 162 valence electrons. The number of nitrogens with two attached hydrogens (primary N) is 1. The number of aryl methyl sites for hydroxylation is 1. The number of hydrogen-bond acceptors (Lipinski definition) is 10. The summed E-state index contributed by atoms with van der Waals surface area (Å²) in [6.45, 7) is 3.46. The fourth-order valence-corrected chi connectivity index (χ4v) is 3.20. The largest absolute Gasteiger partial charge is 0.508 e. The van der Waals surface area contributed by atoms with Gasteiger partial charge in [0.05, 0.1) is 12.6 Å². The second kappa shape index (κ2) is 8.37. The normalized spacial score (nSPS) is 11.8. The third-order valence-corrected chi connectivity index (χ3v) is 4.77. The van der Waals surface area contributed by atoms with Crippen molar-refractivity contribution < 1.29 is 14.9 Å². The molecule has 1 atom stereocenters. The lowest BCUT2D eigenvalue weighted by Crippen LogP contribution is -2.16. The molecule has 0 fully saturated rings. The van der Waals surface area contributed by atoms with E-state index in [2.05, 4.69) is 25.4 Å². The van der Waals surface area contributed by atoms with Crippen molar-refractivity contribution in [1.29, 1.82) is 5.26 Å². The minimum atomic E-state index is -0.469. The van der Waals surface area contributed by atoms with Crippen LogP contribution in [0.15, 0.2) is 36.8 Å². The number of nitrogens with zero attached hydrogens (tertiary/aromatic N) is 6. The van der Waals surface area contributed by atoms with Gasteiger partial charge in [0.1, 0.15) is 46.6 Å². The Kier molecular flexibility index (Phi) is 5.44. The van der Waals surface area contributed by atoms with Crippen molar-refractivity contribution in [2.45, 2.75) is 26.5 Å². The molecular formula is C21H20N8O3. The lowest BCUT2D eigenvalue weighted by Gasteiger charge is -2.16. The molecule has 3 aromatic heterocycles. The van der Waals surface area contributed by atoms with E-state index in [9.17, 15) is 15.5 Å². The number of benzene rings is 1. The molecule has 0 bridgehead atoms. The predicted octanol–water partition coefficient (Wildman–Crippen LogP) is 2.44. The Morgan fingerprint density at radius 1 is 1.31 bits per heavy atom. The van der Waals surface area contributed by atoms with Crippen LogP contribution in [0.3, 0.4) is 0 Å². The number of aliphatic hydroxyl groups is 1. The first kappa shape index (κ1) is 20.8. The maximum atomic E-state index is 9.92. The molecule has 3 heterocycles. The van der Waals surface area contributed by atoms with E-state index in [0.717, 1.165) is 5.56 Å². The van der Waals surface area contributed by atoms with Gasteiger partial charge in [-0.3, -0.25) is 0 Å². The van der Waals surface area contributed by atoms with Crippen LogP contribution in [0, 0.1) is 18.3 Å². The number of nitrogens with one attached hydrogen (secondary N) is 1. The number of anilines is 2. The fraction of sp³-hybridized carbons (Fsp3) is 0.190. The van der Waals surface area contributed by atoms with E-state index >= 15 is 0 Å². The summed E-state index contributed by atoms with van der Waals surface area (Å²) < 4.78 is 7.63. The Morgan fingerprint density at radius 3 is 2.88 bits per heavy atom. The molecule has 0 aliphatic heterocycles.